The Morgan fingerprint density at radius 2 is 1.40 bits per heavy atom. The first kappa shape index (κ1) is 32.4. The average molecular weight is 728 g/mol. The van der Waals surface area contributed by atoms with Gasteiger partial charge in [-0.25, -0.2) is 8.42 Å². The topological polar surface area (TPSA) is 86.8 Å². The van der Waals surface area contributed by atoms with Crippen molar-refractivity contribution in [3.8, 4) is 0 Å². The number of carbonyl (C=O) groups excluding carboxylic acids is 2. The zero-order valence-corrected chi connectivity index (χ0v) is 27.7. The van der Waals surface area contributed by atoms with Gasteiger partial charge in [-0.2, -0.15) is 0 Å². The normalized spacial score (nSPS) is 11.9. The molecule has 2 amide bonds. The van der Waals surface area contributed by atoms with Gasteiger partial charge in [-0.05, 0) is 60.0 Å². The number of hydrogen-bond donors (Lipinski definition) is 1. The largest absolute Gasteiger partial charge is 0.354 e. The van der Waals surface area contributed by atoms with Crippen LogP contribution in [-0.4, -0.2) is 44.3 Å². The monoisotopic (exact) mass is 725 g/mol. The Kier molecular flexibility index (Phi) is 11.6. The number of rotatable bonds is 13. The molecule has 0 fully saturated rings. The van der Waals surface area contributed by atoms with Gasteiger partial charge >= 0.3 is 0 Å². The van der Waals surface area contributed by atoms with E-state index in [1.54, 1.807) is 42.5 Å². The van der Waals surface area contributed by atoms with Crippen LogP contribution in [0.25, 0.3) is 0 Å². The Morgan fingerprint density at radius 1 is 0.791 bits per heavy atom. The Balaban J connectivity index is 1.79. The molecular weight excluding hydrogens is 694 g/mol. The minimum atomic E-state index is -4.14. The van der Waals surface area contributed by atoms with Crippen molar-refractivity contribution < 1.29 is 18.0 Å². The van der Waals surface area contributed by atoms with Crippen molar-refractivity contribution in [2.24, 2.45) is 0 Å². The highest BCUT2D eigenvalue weighted by Gasteiger charge is 2.34. The van der Waals surface area contributed by atoms with Crippen LogP contribution < -0.4 is 9.62 Å². The molecule has 224 valence electrons. The predicted octanol–water partition coefficient (Wildman–Crippen LogP) is 6.57. The molecule has 0 saturated heterocycles. The highest BCUT2D eigenvalue weighted by molar-refractivity contribution is 9.10. The van der Waals surface area contributed by atoms with Gasteiger partial charge < -0.3 is 10.2 Å². The maximum Gasteiger partial charge on any atom is 0.264 e. The number of halogens is 2. The minimum absolute atomic E-state index is 0.0582. The van der Waals surface area contributed by atoms with Gasteiger partial charge in [-0.1, -0.05) is 106 Å². The first-order valence-electron chi connectivity index (χ1n) is 13.9. The number of anilines is 1. The number of carbonyl (C=O) groups is 2. The summed E-state index contributed by atoms with van der Waals surface area (Å²) in [6, 6.07) is 30.9. The van der Waals surface area contributed by atoms with E-state index < -0.39 is 28.5 Å². The standard InChI is InChI=1S/C33H33Br2N3O4S/c1-2-19-36-33(40)31(21-25-11-5-3-6-12-25)37(23-26-13-9-14-27(34)20-26)32(39)24-38(29-16-10-15-28(35)22-29)43(41,42)30-17-7-4-8-18-30/h3-18,20,22,31H,2,19,21,23-24H2,1H3,(H,36,40). The number of amides is 2. The van der Waals surface area contributed by atoms with E-state index in [0.29, 0.717) is 16.7 Å². The molecule has 4 rings (SSSR count). The number of benzene rings is 4. The summed E-state index contributed by atoms with van der Waals surface area (Å²) in [5.74, 6) is -0.805. The van der Waals surface area contributed by atoms with Gasteiger partial charge in [0.15, 0.2) is 0 Å². The first-order valence-corrected chi connectivity index (χ1v) is 16.9. The van der Waals surface area contributed by atoms with Crippen LogP contribution in [0, 0.1) is 0 Å². The molecule has 0 bridgehead atoms. The van der Waals surface area contributed by atoms with E-state index in [-0.39, 0.29) is 23.8 Å². The smallest absolute Gasteiger partial charge is 0.264 e. The molecule has 4 aromatic rings. The summed E-state index contributed by atoms with van der Waals surface area (Å²) in [5, 5.41) is 2.95. The summed E-state index contributed by atoms with van der Waals surface area (Å²) < 4.78 is 30.6. The van der Waals surface area contributed by atoms with Gasteiger partial charge in [0.25, 0.3) is 10.0 Å². The number of nitrogens with zero attached hydrogens (tertiary/aromatic N) is 2. The lowest BCUT2D eigenvalue weighted by Crippen LogP contribution is -2.53. The van der Waals surface area contributed by atoms with Crippen molar-refractivity contribution in [3.05, 3.63) is 129 Å². The van der Waals surface area contributed by atoms with Gasteiger partial charge in [0, 0.05) is 28.5 Å². The molecule has 0 spiro atoms. The first-order chi connectivity index (χ1) is 20.7. The lowest BCUT2D eigenvalue weighted by atomic mass is 10.0. The third-order valence-electron chi connectivity index (χ3n) is 6.77. The van der Waals surface area contributed by atoms with Crippen LogP contribution in [0.4, 0.5) is 5.69 Å². The summed E-state index contributed by atoms with van der Waals surface area (Å²) in [6.07, 6.45) is 0.994. The highest BCUT2D eigenvalue weighted by Crippen LogP contribution is 2.27. The molecule has 1 unspecified atom stereocenters. The maximum atomic E-state index is 14.4. The van der Waals surface area contributed by atoms with Crippen molar-refractivity contribution >= 4 is 59.4 Å². The second-order valence-electron chi connectivity index (χ2n) is 9.95. The lowest BCUT2D eigenvalue weighted by molar-refractivity contribution is -0.140. The van der Waals surface area contributed by atoms with Crippen LogP contribution in [0.1, 0.15) is 24.5 Å². The van der Waals surface area contributed by atoms with Crippen molar-refractivity contribution in [2.75, 3.05) is 17.4 Å². The van der Waals surface area contributed by atoms with E-state index in [9.17, 15) is 18.0 Å². The molecule has 0 heterocycles. The number of sulfonamides is 1. The Morgan fingerprint density at radius 3 is 2.02 bits per heavy atom. The van der Waals surface area contributed by atoms with Gasteiger partial charge in [-0.15, -0.1) is 0 Å². The SMILES string of the molecule is CCCNC(=O)C(Cc1ccccc1)N(Cc1cccc(Br)c1)C(=O)CN(c1cccc(Br)c1)S(=O)(=O)c1ccccc1. The quantitative estimate of drug-likeness (QED) is 0.169. The molecule has 0 aliphatic rings. The van der Waals surface area contributed by atoms with Crippen molar-refractivity contribution in [3.63, 3.8) is 0 Å². The Labute approximate surface area is 270 Å². The fourth-order valence-corrected chi connectivity index (χ4v) is 6.89. The molecule has 7 nitrogen and oxygen atoms in total. The van der Waals surface area contributed by atoms with Gasteiger partial charge in [0.2, 0.25) is 11.8 Å². The predicted molar refractivity (Wildman–Crippen MR) is 177 cm³/mol. The number of nitrogens with one attached hydrogen (secondary N) is 1. The molecule has 0 aromatic heterocycles. The second kappa shape index (κ2) is 15.3. The van der Waals surface area contributed by atoms with Crippen LogP contribution in [-0.2, 0) is 32.6 Å². The minimum Gasteiger partial charge on any atom is -0.354 e. The lowest BCUT2D eigenvalue weighted by Gasteiger charge is -2.34. The number of hydrogen-bond acceptors (Lipinski definition) is 4. The molecule has 1 N–H and O–H groups in total. The summed E-state index contributed by atoms with van der Waals surface area (Å²) in [7, 11) is -4.14. The van der Waals surface area contributed by atoms with Gasteiger partial charge in [0.05, 0.1) is 10.6 Å². The van der Waals surface area contributed by atoms with E-state index in [0.717, 1.165) is 26.3 Å². The maximum absolute atomic E-state index is 14.4. The van der Waals surface area contributed by atoms with E-state index in [4.69, 9.17) is 0 Å². The molecular formula is C33H33Br2N3O4S. The van der Waals surface area contributed by atoms with E-state index in [2.05, 4.69) is 37.2 Å². The van der Waals surface area contributed by atoms with Crippen molar-refractivity contribution in [2.45, 2.75) is 37.2 Å². The highest BCUT2D eigenvalue weighted by atomic mass is 79.9. The van der Waals surface area contributed by atoms with Crippen molar-refractivity contribution in [1.29, 1.82) is 0 Å². The third-order valence-corrected chi connectivity index (χ3v) is 9.54. The zero-order valence-electron chi connectivity index (χ0n) is 23.7. The van der Waals surface area contributed by atoms with Crippen LogP contribution in [0.15, 0.2) is 123 Å². The third kappa shape index (κ3) is 8.78. The Hall–Kier alpha value is -3.47. The van der Waals surface area contributed by atoms with Crippen LogP contribution in [0.3, 0.4) is 0 Å². The molecule has 4 aromatic carbocycles. The Bertz CT molecular complexity index is 1640. The summed E-state index contributed by atoms with van der Waals surface area (Å²) in [6.45, 7) is 2.01. The zero-order chi connectivity index (χ0) is 30.8. The van der Waals surface area contributed by atoms with Crippen LogP contribution in [0.5, 0.6) is 0 Å². The van der Waals surface area contributed by atoms with Gasteiger partial charge in [-0.3, -0.25) is 13.9 Å². The van der Waals surface area contributed by atoms with E-state index in [1.807, 2.05) is 61.5 Å². The average Bonchev–Trinajstić information content (AvgIpc) is 3.01. The van der Waals surface area contributed by atoms with E-state index >= 15 is 0 Å². The fraction of sp³-hybridized carbons (Fsp3) is 0.212. The van der Waals surface area contributed by atoms with Crippen molar-refractivity contribution in [1.82, 2.24) is 10.2 Å². The molecule has 0 aliphatic heterocycles. The molecule has 0 radical (unpaired) electrons. The van der Waals surface area contributed by atoms with Crippen LogP contribution >= 0.6 is 31.9 Å². The summed E-state index contributed by atoms with van der Waals surface area (Å²) in [4.78, 5) is 29.6. The molecule has 10 heteroatoms. The molecule has 0 aliphatic carbocycles. The summed E-state index contributed by atoms with van der Waals surface area (Å²) >= 11 is 6.93. The molecule has 0 saturated carbocycles. The summed E-state index contributed by atoms with van der Waals surface area (Å²) in [5.41, 5.74) is 2.00. The van der Waals surface area contributed by atoms with E-state index in [1.165, 1.54) is 17.0 Å². The van der Waals surface area contributed by atoms with Gasteiger partial charge in [0.1, 0.15) is 12.6 Å². The second-order valence-corrected chi connectivity index (χ2v) is 13.6. The fourth-order valence-electron chi connectivity index (χ4n) is 4.63. The van der Waals surface area contributed by atoms with Crippen LogP contribution in [0.2, 0.25) is 0 Å². The molecule has 43 heavy (non-hydrogen) atoms. The molecule has 1 atom stereocenters.